The van der Waals surface area contributed by atoms with Crippen molar-refractivity contribution in [3.05, 3.63) is 76.0 Å². The number of carbonyl (C=O) groups excluding carboxylic acids is 1. The van der Waals surface area contributed by atoms with Gasteiger partial charge in [-0.15, -0.1) is 23.5 Å². The molecule has 1 aliphatic rings. The Labute approximate surface area is 198 Å². The minimum atomic E-state index is -0.369. The normalized spacial score (nSPS) is 14.3. The average Bonchev–Trinajstić information content (AvgIpc) is 3.47. The summed E-state index contributed by atoms with van der Waals surface area (Å²) in [5, 5.41) is 4.77. The van der Waals surface area contributed by atoms with E-state index in [9.17, 15) is 4.79 Å². The molecule has 1 aromatic heterocycles. The molecule has 0 bridgehead atoms. The van der Waals surface area contributed by atoms with E-state index in [1.807, 2.05) is 53.9 Å². The molecule has 5 nitrogen and oxygen atoms in total. The summed E-state index contributed by atoms with van der Waals surface area (Å²) in [5.41, 5.74) is 4.37. The number of nitrogens with one attached hydrogen (secondary N) is 1. The van der Waals surface area contributed by atoms with E-state index in [0.29, 0.717) is 37.5 Å². The van der Waals surface area contributed by atoms with Crippen LogP contribution >= 0.6 is 46.7 Å². The number of ether oxygens (including phenoxy) is 1. The smallest absolute Gasteiger partial charge is 0.277 e. The van der Waals surface area contributed by atoms with Crippen LogP contribution in [0, 0.1) is 0 Å². The van der Waals surface area contributed by atoms with Crippen molar-refractivity contribution in [1.82, 2.24) is 5.43 Å². The fourth-order valence-electron chi connectivity index (χ4n) is 2.88. The van der Waals surface area contributed by atoms with Gasteiger partial charge in [-0.25, -0.2) is 5.43 Å². The number of amides is 1. The second-order valence-electron chi connectivity index (χ2n) is 6.53. The van der Waals surface area contributed by atoms with Gasteiger partial charge >= 0.3 is 0 Å². The first-order chi connectivity index (χ1) is 15.1. The predicted molar refractivity (Wildman–Crippen MR) is 129 cm³/mol. The van der Waals surface area contributed by atoms with Crippen molar-refractivity contribution >= 4 is 58.8 Å². The van der Waals surface area contributed by atoms with Gasteiger partial charge < -0.3 is 9.15 Å². The number of halogens is 2. The standard InChI is InChI=1S/C22H18Cl2N2O3S2/c23-18-3-1-2-17(21(18)24)19-9-8-16(29-19)12-25-26-20(27)13-28-15-6-4-14(5-7-15)22-30-10-11-31-22/h1-9,12,22H,10-11,13H2,(H,26,27)/b25-12+. The zero-order valence-corrected chi connectivity index (χ0v) is 19.4. The Morgan fingerprint density at radius 2 is 1.90 bits per heavy atom. The molecule has 2 aromatic carbocycles. The number of benzene rings is 2. The van der Waals surface area contributed by atoms with E-state index in [0.717, 1.165) is 0 Å². The molecular formula is C22H18Cl2N2O3S2. The largest absolute Gasteiger partial charge is 0.484 e. The summed E-state index contributed by atoms with van der Waals surface area (Å²) in [7, 11) is 0. The van der Waals surface area contributed by atoms with Crippen LogP contribution in [0.5, 0.6) is 5.75 Å². The van der Waals surface area contributed by atoms with Crippen molar-refractivity contribution in [1.29, 1.82) is 0 Å². The number of nitrogens with zero attached hydrogens (tertiary/aromatic N) is 1. The molecule has 4 rings (SSSR count). The zero-order chi connectivity index (χ0) is 21.6. The summed E-state index contributed by atoms with van der Waals surface area (Å²) in [4.78, 5) is 12.0. The third-order valence-corrected chi connectivity index (χ3v) is 8.29. The Kier molecular flexibility index (Phi) is 7.50. The molecule has 2 heterocycles. The second kappa shape index (κ2) is 10.5. The van der Waals surface area contributed by atoms with Crippen molar-refractivity contribution in [3.8, 4) is 17.1 Å². The van der Waals surface area contributed by atoms with Crippen LogP contribution in [0.1, 0.15) is 15.9 Å². The summed E-state index contributed by atoms with van der Waals surface area (Å²) in [6.45, 7) is -0.134. The Morgan fingerprint density at radius 3 is 2.68 bits per heavy atom. The molecule has 160 valence electrons. The molecular weight excluding hydrogens is 475 g/mol. The van der Waals surface area contributed by atoms with Crippen LogP contribution in [0.2, 0.25) is 10.0 Å². The molecule has 1 N–H and O–H groups in total. The number of furan rings is 1. The Hall–Kier alpha value is -2.06. The first-order valence-corrected chi connectivity index (χ1v) is 12.3. The number of carbonyl (C=O) groups is 1. The van der Waals surface area contributed by atoms with Crippen LogP contribution in [0.3, 0.4) is 0 Å². The van der Waals surface area contributed by atoms with Gasteiger partial charge in [0, 0.05) is 17.1 Å². The highest BCUT2D eigenvalue weighted by Gasteiger charge is 2.18. The van der Waals surface area contributed by atoms with Gasteiger partial charge in [-0.1, -0.05) is 41.4 Å². The maximum absolute atomic E-state index is 12.0. The lowest BCUT2D eigenvalue weighted by Gasteiger charge is -2.09. The fraction of sp³-hybridized carbons (Fsp3) is 0.182. The summed E-state index contributed by atoms with van der Waals surface area (Å²) in [5.74, 6) is 3.66. The van der Waals surface area contributed by atoms with E-state index in [4.69, 9.17) is 32.4 Å². The molecule has 3 aromatic rings. The van der Waals surface area contributed by atoms with E-state index in [2.05, 4.69) is 10.5 Å². The minimum Gasteiger partial charge on any atom is -0.484 e. The Balaban J connectivity index is 1.26. The van der Waals surface area contributed by atoms with Gasteiger partial charge in [0.05, 0.1) is 20.8 Å². The highest BCUT2D eigenvalue weighted by Crippen LogP contribution is 2.45. The van der Waals surface area contributed by atoms with Crippen LogP contribution in [-0.2, 0) is 4.79 Å². The maximum atomic E-state index is 12.0. The molecule has 0 saturated carbocycles. The molecule has 1 saturated heterocycles. The molecule has 1 amide bonds. The molecule has 0 radical (unpaired) electrons. The van der Waals surface area contributed by atoms with Crippen LogP contribution in [0.4, 0.5) is 0 Å². The first-order valence-electron chi connectivity index (χ1n) is 9.42. The van der Waals surface area contributed by atoms with Gasteiger partial charge in [0.1, 0.15) is 17.3 Å². The Morgan fingerprint density at radius 1 is 1.13 bits per heavy atom. The van der Waals surface area contributed by atoms with Gasteiger partial charge in [0.15, 0.2) is 6.61 Å². The number of hydrazone groups is 1. The van der Waals surface area contributed by atoms with Crippen molar-refractivity contribution in [3.63, 3.8) is 0 Å². The molecule has 0 aliphatic carbocycles. The SMILES string of the molecule is O=C(COc1ccc(C2SCCS2)cc1)N/N=C/c1ccc(-c2cccc(Cl)c2Cl)o1. The van der Waals surface area contributed by atoms with E-state index in [1.54, 1.807) is 24.3 Å². The van der Waals surface area contributed by atoms with Crippen LogP contribution in [0.15, 0.2) is 64.1 Å². The van der Waals surface area contributed by atoms with Crippen molar-refractivity contribution in [2.75, 3.05) is 18.1 Å². The van der Waals surface area contributed by atoms with E-state index < -0.39 is 0 Å². The monoisotopic (exact) mass is 492 g/mol. The highest BCUT2D eigenvalue weighted by atomic mass is 35.5. The highest BCUT2D eigenvalue weighted by molar-refractivity contribution is 8.19. The molecule has 31 heavy (non-hydrogen) atoms. The lowest BCUT2D eigenvalue weighted by atomic mass is 10.2. The summed E-state index contributed by atoms with van der Waals surface area (Å²) in [6.07, 6.45) is 1.41. The lowest BCUT2D eigenvalue weighted by Crippen LogP contribution is -2.24. The molecule has 0 unspecified atom stereocenters. The zero-order valence-electron chi connectivity index (χ0n) is 16.2. The van der Waals surface area contributed by atoms with E-state index >= 15 is 0 Å². The first kappa shape index (κ1) is 22.1. The average molecular weight is 493 g/mol. The number of rotatable bonds is 7. The molecule has 0 atom stereocenters. The third kappa shape index (κ3) is 5.80. The van der Waals surface area contributed by atoms with Gasteiger partial charge in [0.25, 0.3) is 5.91 Å². The van der Waals surface area contributed by atoms with Crippen molar-refractivity contribution in [2.45, 2.75) is 4.58 Å². The van der Waals surface area contributed by atoms with Crippen molar-refractivity contribution < 1.29 is 13.9 Å². The molecule has 0 spiro atoms. The topological polar surface area (TPSA) is 63.8 Å². The van der Waals surface area contributed by atoms with Gasteiger partial charge in [-0.2, -0.15) is 5.10 Å². The van der Waals surface area contributed by atoms with E-state index in [-0.39, 0.29) is 12.5 Å². The second-order valence-corrected chi connectivity index (χ2v) is 10.0. The number of hydrogen-bond acceptors (Lipinski definition) is 6. The van der Waals surface area contributed by atoms with Gasteiger partial charge in [-0.05, 0) is 42.0 Å². The predicted octanol–water partition coefficient (Wildman–Crippen LogP) is 6.26. The lowest BCUT2D eigenvalue weighted by molar-refractivity contribution is -0.123. The molecule has 1 aliphatic heterocycles. The third-order valence-electron chi connectivity index (χ3n) is 4.37. The van der Waals surface area contributed by atoms with Gasteiger partial charge in [0.2, 0.25) is 0 Å². The minimum absolute atomic E-state index is 0.134. The Bertz CT molecular complexity index is 1080. The summed E-state index contributed by atoms with van der Waals surface area (Å²) in [6, 6.07) is 16.7. The molecule has 1 fully saturated rings. The fourth-order valence-corrected chi connectivity index (χ4v) is 6.14. The van der Waals surface area contributed by atoms with E-state index in [1.165, 1.54) is 23.3 Å². The summed E-state index contributed by atoms with van der Waals surface area (Å²) < 4.78 is 11.7. The van der Waals surface area contributed by atoms with Gasteiger partial charge in [-0.3, -0.25) is 4.79 Å². The van der Waals surface area contributed by atoms with Crippen LogP contribution < -0.4 is 10.2 Å². The quantitative estimate of drug-likeness (QED) is 0.311. The number of thioether (sulfide) groups is 2. The van der Waals surface area contributed by atoms with Crippen LogP contribution in [-0.4, -0.2) is 30.2 Å². The molecule has 9 heteroatoms. The summed E-state index contributed by atoms with van der Waals surface area (Å²) >= 11 is 16.2. The van der Waals surface area contributed by atoms with Crippen molar-refractivity contribution in [2.24, 2.45) is 5.10 Å². The number of hydrogen-bond donors (Lipinski definition) is 1. The van der Waals surface area contributed by atoms with Crippen LogP contribution in [0.25, 0.3) is 11.3 Å². The maximum Gasteiger partial charge on any atom is 0.277 e.